The molecule has 35 heavy (non-hydrogen) atoms. The molecule has 5 rings (SSSR count). The third-order valence-corrected chi connectivity index (χ3v) is 6.11. The molecule has 1 saturated heterocycles. The van der Waals surface area contributed by atoms with Gasteiger partial charge in [0.1, 0.15) is 11.9 Å². The Morgan fingerprint density at radius 1 is 1.11 bits per heavy atom. The van der Waals surface area contributed by atoms with E-state index in [1.54, 1.807) is 36.9 Å². The van der Waals surface area contributed by atoms with Crippen molar-refractivity contribution < 1.29 is 9.53 Å². The van der Waals surface area contributed by atoms with Gasteiger partial charge in [0.15, 0.2) is 0 Å². The zero-order chi connectivity index (χ0) is 24.0. The van der Waals surface area contributed by atoms with Crippen LogP contribution < -0.4 is 15.5 Å². The van der Waals surface area contributed by atoms with Crippen LogP contribution in [0.5, 0.6) is 0 Å². The molecule has 0 radical (unpaired) electrons. The summed E-state index contributed by atoms with van der Waals surface area (Å²) in [4.78, 5) is 32.2. The van der Waals surface area contributed by atoms with Gasteiger partial charge in [0.05, 0.1) is 29.3 Å². The van der Waals surface area contributed by atoms with E-state index < -0.39 is 6.09 Å². The van der Waals surface area contributed by atoms with Gasteiger partial charge in [-0.25, -0.2) is 19.7 Å². The molecule has 9 nitrogen and oxygen atoms in total. The summed E-state index contributed by atoms with van der Waals surface area (Å²) in [5.41, 5.74) is 2.35. The molecular weight excluding hydrogens is 466 g/mol. The number of benzene rings is 1. The normalized spacial score (nSPS) is 15.6. The first-order valence-electron chi connectivity index (χ1n) is 11.4. The summed E-state index contributed by atoms with van der Waals surface area (Å²) in [6.07, 6.45) is 7.65. The van der Waals surface area contributed by atoms with E-state index in [2.05, 4.69) is 35.5 Å². The Bertz CT molecular complexity index is 1320. The van der Waals surface area contributed by atoms with E-state index in [0.717, 1.165) is 41.7 Å². The molecule has 1 aromatic carbocycles. The molecule has 1 aliphatic heterocycles. The molecule has 0 bridgehead atoms. The highest BCUT2D eigenvalue weighted by Gasteiger charge is 2.25. The number of piperidine rings is 1. The minimum Gasteiger partial charge on any atom is -0.444 e. The minimum atomic E-state index is -0.492. The Labute approximate surface area is 207 Å². The van der Waals surface area contributed by atoms with Crippen molar-refractivity contribution in [1.82, 2.24) is 19.9 Å². The highest BCUT2D eigenvalue weighted by molar-refractivity contribution is 6.31. The zero-order valence-corrected chi connectivity index (χ0v) is 19.7. The fourth-order valence-corrected chi connectivity index (χ4v) is 4.26. The predicted molar refractivity (Wildman–Crippen MR) is 136 cm³/mol. The number of carbonyl (C=O) groups excluding carboxylic acids is 1. The monoisotopic (exact) mass is 489 g/mol. The highest BCUT2D eigenvalue weighted by Crippen LogP contribution is 2.27. The lowest BCUT2D eigenvalue weighted by molar-refractivity contribution is 0.100. The lowest BCUT2D eigenvalue weighted by Gasteiger charge is -2.33. The van der Waals surface area contributed by atoms with E-state index in [9.17, 15) is 4.79 Å². The van der Waals surface area contributed by atoms with Gasteiger partial charge in [0, 0.05) is 36.7 Å². The molecule has 3 aromatic heterocycles. The second-order valence-electron chi connectivity index (χ2n) is 8.19. The van der Waals surface area contributed by atoms with Gasteiger partial charge in [-0.15, -0.1) is 0 Å². The van der Waals surface area contributed by atoms with E-state index in [4.69, 9.17) is 16.3 Å². The third kappa shape index (κ3) is 5.58. The first-order chi connectivity index (χ1) is 17.2. The largest absolute Gasteiger partial charge is 0.444 e. The molecule has 1 unspecified atom stereocenters. The van der Waals surface area contributed by atoms with Gasteiger partial charge >= 0.3 is 6.09 Å². The van der Waals surface area contributed by atoms with Crippen LogP contribution in [0.25, 0.3) is 10.9 Å². The quantitative estimate of drug-likeness (QED) is 0.394. The van der Waals surface area contributed by atoms with E-state index in [-0.39, 0.29) is 6.10 Å². The number of fused-ring (bicyclic) bond motifs is 1. The van der Waals surface area contributed by atoms with Crippen LogP contribution in [0.4, 0.5) is 22.2 Å². The lowest BCUT2D eigenvalue weighted by Crippen LogP contribution is -2.41. The van der Waals surface area contributed by atoms with Crippen molar-refractivity contribution in [2.24, 2.45) is 0 Å². The average Bonchev–Trinajstić information content (AvgIpc) is 2.88. The molecule has 10 heteroatoms. The van der Waals surface area contributed by atoms with Crippen LogP contribution in [0.15, 0.2) is 67.3 Å². The van der Waals surface area contributed by atoms with Crippen LogP contribution in [-0.4, -0.2) is 45.2 Å². The molecule has 4 aromatic rings. The number of amides is 1. The standard InChI is InChI=1S/C25H24ClN7O2/c26-21-8-2-1-5-17(21)13-29-24-30-15-20-22(32-24)9-11-28-23(20)33-12-4-7-19(16-33)35-25(34)31-18-6-3-10-27-14-18/h1-3,5-6,8-11,14-15,19H,4,7,12-13,16H2,(H,31,34)(H,29,30,32). The van der Waals surface area contributed by atoms with Crippen LogP contribution in [0.3, 0.4) is 0 Å². The van der Waals surface area contributed by atoms with Gasteiger partial charge in [-0.1, -0.05) is 29.8 Å². The van der Waals surface area contributed by atoms with Crippen LogP contribution in [-0.2, 0) is 11.3 Å². The second-order valence-corrected chi connectivity index (χ2v) is 8.60. The summed E-state index contributed by atoms with van der Waals surface area (Å²) in [5, 5.41) is 7.49. The number of aromatic nitrogens is 4. The van der Waals surface area contributed by atoms with Gasteiger partial charge in [0.25, 0.3) is 0 Å². The summed E-state index contributed by atoms with van der Waals surface area (Å²) < 4.78 is 5.66. The number of hydrogen-bond donors (Lipinski definition) is 2. The summed E-state index contributed by atoms with van der Waals surface area (Å²) in [6.45, 7) is 1.87. The van der Waals surface area contributed by atoms with Gasteiger partial charge in [-0.05, 0) is 42.7 Å². The van der Waals surface area contributed by atoms with Gasteiger partial charge in [-0.2, -0.15) is 0 Å². The second kappa shape index (κ2) is 10.5. The SMILES string of the molecule is O=C(Nc1cccnc1)OC1CCCN(c2nccc3nc(NCc4ccccc4Cl)ncc23)C1. The van der Waals surface area contributed by atoms with Gasteiger partial charge < -0.3 is 15.0 Å². The van der Waals surface area contributed by atoms with Crippen molar-refractivity contribution in [3.63, 3.8) is 0 Å². The van der Waals surface area contributed by atoms with Crippen molar-refractivity contribution in [2.45, 2.75) is 25.5 Å². The Balaban J connectivity index is 1.26. The molecule has 2 N–H and O–H groups in total. The zero-order valence-electron chi connectivity index (χ0n) is 18.9. The molecular formula is C25H24ClN7O2. The predicted octanol–water partition coefficient (Wildman–Crippen LogP) is 4.90. The number of carbonyl (C=O) groups is 1. The van der Waals surface area contributed by atoms with E-state index in [1.807, 2.05) is 30.3 Å². The molecule has 0 aliphatic carbocycles. The maximum atomic E-state index is 12.3. The summed E-state index contributed by atoms with van der Waals surface area (Å²) in [7, 11) is 0. The third-order valence-electron chi connectivity index (χ3n) is 5.74. The highest BCUT2D eigenvalue weighted by atomic mass is 35.5. The smallest absolute Gasteiger partial charge is 0.412 e. The fraction of sp³-hybridized carbons (Fsp3) is 0.240. The summed E-state index contributed by atoms with van der Waals surface area (Å²) in [5.74, 6) is 1.29. The van der Waals surface area contributed by atoms with E-state index in [1.165, 1.54) is 0 Å². The Hall–Kier alpha value is -3.98. The number of rotatable bonds is 6. The molecule has 1 fully saturated rings. The van der Waals surface area contributed by atoms with Crippen molar-refractivity contribution in [2.75, 3.05) is 28.6 Å². The Morgan fingerprint density at radius 3 is 2.89 bits per heavy atom. The van der Waals surface area contributed by atoms with Crippen LogP contribution in [0, 0.1) is 0 Å². The van der Waals surface area contributed by atoms with Gasteiger partial charge in [0.2, 0.25) is 5.95 Å². The number of nitrogens with zero attached hydrogens (tertiary/aromatic N) is 5. The Morgan fingerprint density at radius 2 is 2.03 bits per heavy atom. The van der Waals surface area contributed by atoms with Crippen LogP contribution >= 0.6 is 11.6 Å². The average molecular weight is 490 g/mol. The maximum Gasteiger partial charge on any atom is 0.412 e. The van der Waals surface area contributed by atoms with Gasteiger partial charge in [-0.3, -0.25) is 10.3 Å². The molecule has 1 aliphatic rings. The molecule has 178 valence electrons. The number of ether oxygens (including phenoxy) is 1. The molecule has 0 spiro atoms. The number of anilines is 3. The number of pyridine rings is 2. The lowest BCUT2D eigenvalue weighted by atomic mass is 10.1. The molecule has 0 saturated carbocycles. The summed E-state index contributed by atoms with van der Waals surface area (Å²) in [6, 6.07) is 13.0. The maximum absolute atomic E-state index is 12.3. The van der Waals surface area contributed by atoms with E-state index >= 15 is 0 Å². The first kappa shape index (κ1) is 22.8. The van der Waals surface area contributed by atoms with Crippen LogP contribution in [0.1, 0.15) is 18.4 Å². The molecule has 1 atom stereocenters. The number of nitrogens with one attached hydrogen (secondary N) is 2. The first-order valence-corrected chi connectivity index (χ1v) is 11.7. The number of halogens is 1. The van der Waals surface area contributed by atoms with Crippen molar-refractivity contribution in [3.8, 4) is 0 Å². The molecule has 4 heterocycles. The van der Waals surface area contributed by atoms with Crippen molar-refractivity contribution >= 4 is 46.1 Å². The van der Waals surface area contributed by atoms with Crippen LogP contribution in [0.2, 0.25) is 5.02 Å². The fourth-order valence-electron chi connectivity index (χ4n) is 4.06. The summed E-state index contributed by atoms with van der Waals surface area (Å²) >= 11 is 6.24. The Kier molecular flexibility index (Phi) is 6.85. The topological polar surface area (TPSA) is 105 Å². The van der Waals surface area contributed by atoms with Crippen molar-refractivity contribution in [1.29, 1.82) is 0 Å². The minimum absolute atomic E-state index is 0.255. The molecule has 1 amide bonds. The van der Waals surface area contributed by atoms with E-state index in [0.29, 0.717) is 29.7 Å². The number of hydrogen-bond acceptors (Lipinski definition) is 8. The van der Waals surface area contributed by atoms with Crippen molar-refractivity contribution in [3.05, 3.63) is 77.8 Å².